The summed E-state index contributed by atoms with van der Waals surface area (Å²) in [4.78, 5) is 22.8. The maximum absolute atomic E-state index is 11.0. The third-order valence-corrected chi connectivity index (χ3v) is 4.62. The highest BCUT2D eigenvalue weighted by Gasteiger charge is 2.29. The van der Waals surface area contributed by atoms with Gasteiger partial charge in [-0.05, 0) is 31.7 Å². The Hall–Kier alpha value is -2.04. The van der Waals surface area contributed by atoms with E-state index >= 15 is 0 Å². The summed E-state index contributed by atoms with van der Waals surface area (Å²) in [7, 11) is 0. The van der Waals surface area contributed by atoms with Crippen LogP contribution in [0.25, 0.3) is 0 Å². The number of hydrogen-bond donors (Lipinski definition) is 2. The molecule has 0 saturated carbocycles. The highest BCUT2D eigenvalue weighted by Crippen LogP contribution is 2.31. The van der Waals surface area contributed by atoms with Gasteiger partial charge in [-0.25, -0.2) is 4.79 Å². The Morgan fingerprint density at radius 1 is 1.20 bits per heavy atom. The summed E-state index contributed by atoms with van der Waals surface area (Å²) in [5.41, 5.74) is 2.32. The lowest BCUT2D eigenvalue weighted by Gasteiger charge is -2.21. The number of amides is 1. The van der Waals surface area contributed by atoms with E-state index < -0.39 is 12.1 Å². The average Bonchev–Trinajstić information content (AvgIpc) is 3.06. The molecule has 0 spiro atoms. The van der Waals surface area contributed by atoms with E-state index in [2.05, 4.69) is 6.92 Å². The van der Waals surface area contributed by atoms with Gasteiger partial charge in [0.2, 0.25) is 0 Å². The van der Waals surface area contributed by atoms with E-state index in [0.717, 1.165) is 44.1 Å². The van der Waals surface area contributed by atoms with Crippen molar-refractivity contribution >= 4 is 12.1 Å². The normalized spacial score (nSPS) is 17.6. The van der Waals surface area contributed by atoms with Crippen molar-refractivity contribution < 1.29 is 19.8 Å². The Bertz CT molecular complexity index is 541. The van der Waals surface area contributed by atoms with Crippen molar-refractivity contribution in [2.45, 2.75) is 65.3 Å². The standard InChI is InChI=1S/C12H15NO2.C8H16O2/c1-9-4-6-10(7-5-9)11-3-2-8-13(11)12(14)15;1-3-4-5-6-7(2)8(9)10/h4-7,11H,2-3,8H2,1H3,(H,14,15);7H,3-6H2,1-2H3,(H,9,10). The molecular formula is C20H31NO4. The van der Waals surface area contributed by atoms with E-state index in [0.29, 0.717) is 6.54 Å². The van der Waals surface area contributed by atoms with E-state index in [9.17, 15) is 9.59 Å². The van der Waals surface area contributed by atoms with E-state index in [-0.39, 0.29) is 12.0 Å². The highest BCUT2D eigenvalue weighted by molar-refractivity contribution is 5.69. The van der Waals surface area contributed by atoms with Crippen molar-refractivity contribution in [1.29, 1.82) is 0 Å². The number of nitrogens with zero attached hydrogens (tertiary/aromatic N) is 1. The molecule has 2 rings (SSSR count). The van der Waals surface area contributed by atoms with E-state index in [1.54, 1.807) is 6.92 Å². The van der Waals surface area contributed by atoms with Crippen LogP contribution in [0.1, 0.15) is 69.5 Å². The highest BCUT2D eigenvalue weighted by atomic mass is 16.4. The minimum Gasteiger partial charge on any atom is -0.481 e. The third kappa shape index (κ3) is 7.16. The summed E-state index contributed by atoms with van der Waals surface area (Å²) in [5, 5.41) is 17.5. The lowest BCUT2D eigenvalue weighted by Crippen LogP contribution is -2.28. The zero-order chi connectivity index (χ0) is 18.8. The number of carboxylic acid groups (broad SMARTS) is 2. The Balaban J connectivity index is 0.000000275. The number of hydrogen-bond acceptors (Lipinski definition) is 2. The molecule has 0 radical (unpaired) electrons. The van der Waals surface area contributed by atoms with Gasteiger partial charge in [0.25, 0.3) is 0 Å². The minimum absolute atomic E-state index is 0.0584. The topological polar surface area (TPSA) is 77.8 Å². The average molecular weight is 349 g/mol. The molecule has 1 saturated heterocycles. The molecular weight excluding hydrogens is 318 g/mol. The van der Waals surface area contributed by atoms with Gasteiger partial charge in [-0.1, -0.05) is 62.9 Å². The number of aliphatic carboxylic acids is 1. The fourth-order valence-corrected chi connectivity index (χ4v) is 2.95. The molecule has 0 bridgehead atoms. The first kappa shape index (κ1) is 21.0. The third-order valence-electron chi connectivity index (χ3n) is 4.62. The van der Waals surface area contributed by atoms with Gasteiger partial charge in [-0.15, -0.1) is 0 Å². The molecule has 1 fully saturated rings. The van der Waals surface area contributed by atoms with Crippen LogP contribution >= 0.6 is 0 Å². The second kappa shape index (κ2) is 10.7. The van der Waals surface area contributed by atoms with Gasteiger partial charge in [-0.3, -0.25) is 4.79 Å². The fraction of sp³-hybridized carbons (Fsp3) is 0.600. The van der Waals surface area contributed by atoms with E-state index in [4.69, 9.17) is 10.2 Å². The Morgan fingerprint density at radius 2 is 1.84 bits per heavy atom. The molecule has 1 aromatic carbocycles. The molecule has 0 aromatic heterocycles. The lowest BCUT2D eigenvalue weighted by atomic mass is 10.0. The van der Waals surface area contributed by atoms with Crippen LogP contribution in [0.3, 0.4) is 0 Å². The zero-order valence-corrected chi connectivity index (χ0v) is 15.6. The van der Waals surface area contributed by atoms with Gasteiger partial charge in [0.15, 0.2) is 0 Å². The first-order valence-corrected chi connectivity index (χ1v) is 9.15. The molecule has 1 aliphatic rings. The van der Waals surface area contributed by atoms with Crippen LogP contribution < -0.4 is 0 Å². The lowest BCUT2D eigenvalue weighted by molar-refractivity contribution is -0.141. The van der Waals surface area contributed by atoms with Gasteiger partial charge in [0, 0.05) is 6.54 Å². The summed E-state index contributed by atoms with van der Waals surface area (Å²) < 4.78 is 0. The first-order chi connectivity index (χ1) is 11.9. The first-order valence-electron chi connectivity index (χ1n) is 9.15. The van der Waals surface area contributed by atoms with Gasteiger partial charge in [0.05, 0.1) is 12.0 Å². The molecule has 1 aliphatic heterocycles. The molecule has 25 heavy (non-hydrogen) atoms. The fourth-order valence-electron chi connectivity index (χ4n) is 2.95. The molecule has 0 aliphatic carbocycles. The summed E-state index contributed by atoms with van der Waals surface area (Å²) in [6.07, 6.45) is 5.27. The second-order valence-corrected chi connectivity index (χ2v) is 6.78. The van der Waals surface area contributed by atoms with Crippen molar-refractivity contribution in [3.63, 3.8) is 0 Å². The zero-order valence-electron chi connectivity index (χ0n) is 15.6. The summed E-state index contributed by atoms with van der Waals surface area (Å²) >= 11 is 0. The molecule has 140 valence electrons. The molecule has 5 heteroatoms. The van der Waals surface area contributed by atoms with Crippen LogP contribution in [0, 0.1) is 12.8 Å². The maximum atomic E-state index is 11.0. The number of carbonyl (C=O) groups is 2. The van der Waals surface area contributed by atoms with Crippen LogP contribution in [0.5, 0.6) is 0 Å². The van der Waals surface area contributed by atoms with Crippen LogP contribution in [0.15, 0.2) is 24.3 Å². The van der Waals surface area contributed by atoms with Crippen LogP contribution in [-0.2, 0) is 4.79 Å². The monoisotopic (exact) mass is 349 g/mol. The number of aryl methyl sites for hydroxylation is 1. The quantitative estimate of drug-likeness (QED) is 0.701. The number of rotatable bonds is 6. The molecule has 1 heterocycles. The minimum atomic E-state index is -0.807. The second-order valence-electron chi connectivity index (χ2n) is 6.78. The molecule has 2 N–H and O–H groups in total. The summed E-state index contributed by atoms with van der Waals surface area (Å²) in [6.45, 7) is 6.57. The van der Waals surface area contributed by atoms with E-state index in [1.165, 1.54) is 10.5 Å². The van der Waals surface area contributed by atoms with Crippen LogP contribution in [-0.4, -0.2) is 33.7 Å². The predicted octanol–water partition coefficient (Wildman–Crippen LogP) is 5.10. The molecule has 2 unspecified atom stereocenters. The van der Waals surface area contributed by atoms with Gasteiger partial charge in [0.1, 0.15) is 0 Å². The van der Waals surface area contributed by atoms with Gasteiger partial charge >= 0.3 is 12.1 Å². The number of unbranched alkanes of at least 4 members (excludes halogenated alkanes) is 2. The van der Waals surface area contributed by atoms with Crippen molar-refractivity contribution in [3.05, 3.63) is 35.4 Å². The molecule has 2 atom stereocenters. The van der Waals surface area contributed by atoms with Gasteiger partial charge in [-0.2, -0.15) is 0 Å². The van der Waals surface area contributed by atoms with Crippen molar-refractivity contribution in [2.24, 2.45) is 5.92 Å². The van der Waals surface area contributed by atoms with Crippen molar-refractivity contribution in [2.75, 3.05) is 6.54 Å². The largest absolute Gasteiger partial charge is 0.481 e. The summed E-state index contributed by atoms with van der Waals surface area (Å²) in [6, 6.07) is 8.19. The smallest absolute Gasteiger partial charge is 0.407 e. The SMILES string of the molecule is CCCCCC(C)C(=O)O.Cc1ccc(C2CCCN2C(=O)O)cc1. The Morgan fingerprint density at radius 3 is 2.36 bits per heavy atom. The van der Waals surface area contributed by atoms with Crippen molar-refractivity contribution in [1.82, 2.24) is 4.90 Å². The Labute approximate surface area is 150 Å². The number of likely N-dealkylation sites (tertiary alicyclic amines) is 1. The molecule has 1 amide bonds. The number of benzene rings is 1. The van der Waals surface area contributed by atoms with E-state index in [1.807, 2.05) is 31.2 Å². The number of carboxylic acids is 1. The van der Waals surface area contributed by atoms with Crippen LogP contribution in [0.2, 0.25) is 0 Å². The van der Waals surface area contributed by atoms with Gasteiger partial charge < -0.3 is 15.1 Å². The van der Waals surface area contributed by atoms with Crippen LogP contribution in [0.4, 0.5) is 4.79 Å². The predicted molar refractivity (Wildman–Crippen MR) is 98.8 cm³/mol. The molecule has 1 aromatic rings. The Kier molecular flexibility index (Phi) is 9.03. The van der Waals surface area contributed by atoms with Crippen molar-refractivity contribution in [3.8, 4) is 0 Å². The maximum Gasteiger partial charge on any atom is 0.407 e. The summed E-state index contributed by atoms with van der Waals surface area (Å²) in [5.74, 6) is -0.831. The molecule has 5 nitrogen and oxygen atoms in total.